The van der Waals surface area contributed by atoms with Crippen LogP contribution in [0, 0.1) is 0 Å². The standard InChI is InChI=1S/C60H37N3O/c1-2-16-38(17-3-1)62-52-26-12-9-23-47(52)59-54(62)27-14-28-55(59)63-51-25-11-8-22-46(51)50-37-40(33-35-53(50)63)61(56-29-15-31-58-60(56)48-24-10-13-30-57(48)64-58)39-32-34-45-43-20-5-4-18-41(43)42-19-6-7-21-44(42)49(45)36-39/h1-37H. The number of hydrogen-bond donors (Lipinski definition) is 0. The summed E-state index contributed by atoms with van der Waals surface area (Å²) in [6.07, 6.45) is 0. The molecule has 0 atom stereocenters. The molecule has 0 aliphatic rings. The number of fused-ring (bicyclic) bond motifs is 15. The predicted molar refractivity (Wildman–Crippen MR) is 270 cm³/mol. The highest BCUT2D eigenvalue weighted by Gasteiger charge is 2.24. The number of nitrogens with zero attached hydrogens (tertiary/aromatic N) is 3. The van der Waals surface area contributed by atoms with Crippen LogP contribution in [-0.2, 0) is 0 Å². The topological polar surface area (TPSA) is 26.2 Å². The third-order valence-electron chi connectivity index (χ3n) is 13.5. The molecule has 298 valence electrons. The maximum Gasteiger partial charge on any atom is 0.137 e. The first-order valence-electron chi connectivity index (χ1n) is 21.9. The summed E-state index contributed by atoms with van der Waals surface area (Å²) >= 11 is 0. The molecule has 4 heteroatoms. The number of hydrogen-bond acceptors (Lipinski definition) is 2. The van der Waals surface area contributed by atoms with Crippen molar-refractivity contribution in [1.82, 2.24) is 9.13 Å². The number of furan rings is 1. The lowest BCUT2D eigenvalue weighted by molar-refractivity contribution is 0.669. The lowest BCUT2D eigenvalue weighted by Crippen LogP contribution is -2.10. The molecule has 0 aliphatic carbocycles. The van der Waals surface area contributed by atoms with E-state index in [9.17, 15) is 0 Å². The monoisotopic (exact) mass is 815 g/mol. The van der Waals surface area contributed by atoms with Gasteiger partial charge in [-0.15, -0.1) is 0 Å². The molecule has 0 bridgehead atoms. The molecule has 0 aliphatic heterocycles. The van der Waals surface area contributed by atoms with Crippen LogP contribution in [0.3, 0.4) is 0 Å². The van der Waals surface area contributed by atoms with Crippen molar-refractivity contribution in [1.29, 1.82) is 0 Å². The maximum atomic E-state index is 6.54. The van der Waals surface area contributed by atoms with Crippen LogP contribution in [0.2, 0.25) is 0 Å². The van der Waals surface area contributed by atoms with Crippen molar-refractivity contribution in [2.45, 2.75) is 0 Å². The van der Waals surface area contributed by atoms with Crippen molar-refractivity contribution in [2.24, 2.45) is 0 Å². The van der Waals surface area contributed by atoms with E-state index in [0.29, 0.717) is 0 Å². The SMILES string of the molecule is c1ccc(-n2c3ccccc3c3c(-n4c5ccccc5c5cc(N(c6ccc7c8ccccc8c8ccccc8c7c6)c6cccc7oc8ccccc8c67)ccc54)cccc32)cc1. The molecule has 14 aromatic rings. The molecule has 11 aromatic carbocycles. The average molecular weight is 816 g/mol. The van der Waals surface area contributed by atoms with E-state index in [1.807, 2.05) is 6.07 Å². The fraction of sp³-hybridized carbons (Fsp3) is 0. The minimum Gasteiger partial charge on any atom is -0.456 e. The van der Waals surface area contributed by atoms with Gasteiger partial charge in [0.05, 0.1) is 38.8 Å². The van der Waals surface area contributed by atoms with E-state index < -0.39 is 0 Å². The summed E-state index contributed by atoms with van der Waals surface area (Å²) in [7, 11) is 0. The lowest BCUT2D eigenvalue weighted by Gasteiger charge is -2.27. The Morgan fingerprint density at radius 3 is 1.56 bits per heavy atom. The molecule has 3 aromatic heterocycles. The molecule has 0 radical (unpaired) electrons. The van der Waals surface area contributed by atoms with Crippen molar-refractivity contribution in [3.63, 3.8) is 0 Å². The molecule has 0 unspecified atom stereocenters. The first-order valence-corrected chi connectivity index (χ1v) is 21.9. The zero-order valence-electron chi connectivity index (χ0n) is 34.6. The minimum absolute atomic E-state index is 0.862. The molecule has 64 heavy (non-hydrogen) atoms. The van der Waals surface area contributed by atoms with Gasteiger partial charge in [0.2, 0.25) is 0 Å². The Labute approximate surface area is 367 Å². The number of aromatic nitrogens is 2. The molecule has 0 saturated heterocycles. The molecule has 0 N–H and O–H groups in total. The van der Waals surface area contributed by atoms with Crippen LogP contribution in [0.5, 0.6) is 0 Å². The van der Waals surface area contributed by atoms with Gasteiger partial charge >= 0.3 is 0 Å². The smallest absolute Gasteiger partial charge is 0.137 e. The molecule has 0 fully saturated rings. The highest BCUT2D eigenvalue weighted by atomic mass is 16.3. The van der Waals surface area contributed by atoms with Crippen molar-refractivity contribution in [3.8, 4) is 11.4 Å². The second-order valence-electron chi connectivity index (χ2n) is 16.8. The van der Waals surface area contributed by atoms with Gasteiger partial charge in [-0.1, -0.05) is 140 Å². The Hall–Kier alpha value is -8.60. The number of para-hydroxylation sites is 4. The first kappa shape index (κ1) is 35.0. The summed E-state index contributed by atoms with van der Waals surface area (Å²) in [5, 5.41) is 14.5. The zero-order chi connectivity index (χ0) is 41.9. The van der Waals surface area contributed by atoms with Crippen molar-refractivity contribution >= 4 is 115 Å². The van der Waals surface area contributed by atoms with Crippen LogP contribution in [-0.4, -0.2) is 9.13 Å². The third kappa shape index (κ3) is 4.93. The fourth-order valence-corrected chi connectivity index (χ4v) is 10.8. The summed E-state index contributed by atoms with van der Waals surface area (Å²) in [4.78, 5) is 2.44. The molecular formula is C60H37N3O. The van der Waals surface area contributed by atoms with Crippen LogP contribution < -0.4 is 4.90 Å². The van der Waals surface area contributed by atoms with Gasteiger partial charge in [0.25, 0.3) is 0 Å². The van der Waals surface area contributed by atoms with Crippen LogP contribution in [0.1, 0.15) is 0 Å². The van der Waals surface area contributed by atoms with Crippen molar-refractivity contribution in [3.05, 3.63) is 224 Å². The van der Waals surface area contributed by atoms with E-state index in [4.69, 9.17) is 4.42 Å². The van der Waals surface area contributed by atoms with E-state index in [1.54, 1.807) is 0 Å². The van der Waals surface area contributed by atoms with E-state index in [0.717, 1.165) is 61.4 Å². The van der Waals surface area contributed by atoms with Gasteiger partial charge in [-0.25, -0.2) is 0 Å². The highest BCUT2D eigenvalue weighted by molar-refractivity contribution is 6.26. The van der Waals surface area contributed by atoms with Crippen molar-refractivity contribution in [2.75, 3.05) is 4.90 Å². The van der Waals surface area contributed by atoms with Gasteiger partial charge in [-0.2, -0.15) is 0 Å². The Kier molecular flexibility index (Phi) is 7.36. The predicted octanol–water partition coefficient (Wildman–Crippen LogP) is 16.7. The van der Waals surface area contributed by atoms with Crippen LogP contribution >= 0.6 is 0 Å². The summed E-state index contributed by atoms with van der Waals surface area (Å²) in [6.45, 7) is 0. The fourth-order valence-electron chi connectivity index (χ4n) is 10.8. The normalized spacial score (nSPS) is 12.1. The Morgan fingerprint density at radius 2 is 0.812 bits per heavy atom. The van der Waals surface area contributed by atoms with Crippen molar-refractivity contribution < 1.29 is 4.42 Å². The third-order valence-corrected chi connectivity index (χ3v) is 13.5. The lowest BCUT2D eigenvalue weighted by atomic mass is 9.94. The molecule has 4 nitrogen and oxygen atoms in total. The summed E-state index contributed by atoms with van der Waals surface area (Å²) in [5.74, 6) is 0. The average Bonchev–Trinajstić information content (AvgIpc) is 4.03. The second-order valence-corrected chi connectivity index (χ2v) is 16.8. The van der Waals surface area contributed by atoms with Crippen LogP contribution in [0.15, 0.2) is 229 Å². The molecular weight excluding hydrogens is 779 g/mol. The second kappa shape index (κ2) is 13.4. The molecule has 14 rings (SSSR count). The van der Waals surface area contributed by atoms with E-state index in [-0.39, 0.29) is 0 Å². The first-order chi connectivity index (χ1) is 31.8. The minimum atomic E-state index is 0.862. The highest BCUT2D eigenvalue weighted by Crippen LogP contribution is 2.47. The quantitative estimate of drug-likeness (QED) is 0.162. The summed E-state index contributed by atoms with van der Waals surface area (Å²) in [6, 6.07) is 81.6. The molecule has 0 spiro atoms. The van der Waals surface area contributed by atoms with E-state index >= 15 is 0 Å². The van der Waals surface area contributed by atoms with Gasteiger partial charge in [-0.3, -0.25) is 0 Å². The molecule has 0 amide bonds. The Bertz CT molecular complexity index is 4170. The van der Waals surface area contributed by atoms with Crippen LogP contribution in [0.25, 0.3) is 109 Å². The van der Waals surface area contributed by atoms with Gasteiger partial charge < -0.3 is 18.5 Å². The zero-order valence-corrected chi connectivity index (χ0v) is 34.6. The summed E-state index contributed by atoms with van der Waals surface area (Å²) in [5.41, 5.74) is 11.9. The number of benzene rings is 11. The largest absolute Gasteiger partial charge is 0.456 e. The van der Waals surface area contributed by atoms with E-state index in [2.05, 4.69) is 232 Å². The maximum absolute atomic E-state index is 6.54. The molecule has 3 heterocycles. The number of rotatable bonds is 5. The Morgan fingerprint density at radius 1 is 0.297 bits per heavy atom. The molecule has 0 saturated carbocycles. The summed E-state index contributed by atoms with van der Waals surface area (Å²) < 4.78 is 11.4. The van der Waals surface area contributed by atoms with Gasteiger partial charge in [0.15, 0.2) is 0 Å². The van der Waals surface area contributed by atoms with Gasteiger partial charge in [0, 0.05) is 44.0 Å². The Balaban J connectivity index is 1.06. The van der Waals surface area contributed by atoms with Gasteiger partial charge in [-0.05, 0) is 117 Å². The number of anilines is 3. The van der Waals surface area contributed by atoms with Gasteiger partial charge in [0.1, 0.15) is 11.2 Å². The van der Waals surface area contributed by atoms with Crippen LogP contribution in [0.4, 0.5) is 17.1 Å². The van der Waals surface area contributed by atoms with E-state index in [1.165, 1.54) is 64.9 Å².